The Balaban J connectivity index is 1.81. The molecule has 4 heteroatoms. The first-order chi connectivity index (χ1) is 12.1. The Morgan fingerprint density at radius 2 is 1.48 bits per heavy atom. The summed E-state index contributed by atoms with van der Waals surface area (Å²) in [7, 11) is 0. The van der Waals surface area contributed by atoms with Crippen LogP contribution in [-0.2, 0) is 22.6 Å². The molecule has 0 aliphatic heterocycles. The third kappa shape index (κ3) is 6.42. The molecule has 132 valence electrons. The van der Waals surface area contributed by atoms with Crippen molar-refractivity contribution in [2.24, 2.45) is 0 Å². The van der Waals surface area contributed by atoms with Gasteiger partial charge in [0.25, 0.3) is 0 Å². The fourth-order valence-corrected chi connectivity index (χ4v) is 2.61. The molecule has 2 aromatic rings. The van der Waals surface area contributed by atoms with Gasteiger partial charge in [0.05, 0.1) is 6.54 Å². The van der Waals surface area contributed by atoms with E-state index in [2.05, 4.69) is 5.32 Å². The van der Waals surface area contributed by atoms with E-state index in [1.54, 1.807) is 4.90 Å². The van der Waals surface area contributed by atoms with Crippen LogP contribution in [0.15, 0.2) is 60.7 Å². The molecule has 4 nitrogen and oxygen atoms in total. The highest BCUT2D eigenvalue weighted by atomic mass is 16.2. The summed E-state index contributed by atoms with van der Waals surface area (Å²) in [6.45, 7) is 4.56. The van der Waals surface area contributed by atoms with Crippen molar-refractivity contribution in [1.29, 1.82) is 0 Å². The van der Waals surface area contributed by atoms with Crippen molar-refractivity contribution in [1.82, 2.24) is 10.2 Å². The minimum Gasteiger partial charge on any atom is -0.347 e. The Morgan fingerprint density at radius 1 is 0.920 bits per heavy atom. The number of nitrogens with zero attached hydrogens (tertiary/aromatic N) is 1. The number of benzene rings is 2. The molecule has 0 saturated carbocycles. The lowest BCUT2D eigenvalue weighted by Crippen LogP contribution is -2.43. The van der Waals surface area contributed by atoms with Gasteiger partial charge in [0, 0.05) is 19.0 Å². The van der Waals surface area contributed by atoms with Crippen molar-refractivity contribution < 1.29 is 9.59 Å². The van der Waals surface area contributed by atoms with Crippen LogP contribution in [0.25, 0.3) is 0 Å². The highest BCUT2D eigenvalue weighted by molar-refractivity contribution is 5.85. The molecule has 1 N–H and O–H groups in total. The van der Waals surface area contributed by atoms with Crippen LogP contribution >= 0.6 is 0 Å². The number of aryl methyl sites for hydroxylation is 1. The SMILES string of the molecule is CC(C)N(Cc1ccccc1)C(=O)CNC(=O)CCc1ccccc1. The first-order valence-corrected chi connectivity index (χ1v) is 8.70. The molecule has 0 aromatic heterocycles. The van der Waals surface area contributed by atoms with Crippen molar-refractivity contribution in [2.75, 3.05) is 6.54 Å². The molecule has 0 spiro atoms. The van der Waals surface area contributed by atoms with E-state index in [-0.39, 0.29) is 24.4 Å². The molecule has 0 aliphatic rings. The maximum atomic E-state index is 12.5. The Morgan fingerprint density at radius 3 is 2.04 bits per heavy atom. The van der Waals surface area contributed by atoms with E-state index in [0.29, 0.717) is 19.4 Å². The molecular weight excluding hydrogens is 312 g/mol. The number of carbonyl (C=O) groups is 2. The lowest BCUT2D eigenvalue weighted by atomic mass is 10.1. The smallest absolute Gasteiger partial charge is 0.242 e. The number of hydrogen-bond donors (Lipinski definition) is 1. The first kappa shape index (κ1) is 18.7. The summed E-state index contributed by atoms with van der Waals surface area (Å²) in [5, 5.41) is 2.74. The van der Waals surface area contributed by atoms with Crippen molar-refractivity contribution in [3.63, 3.8) is 0 Å². The minimum atomic E-state index is -0.0966. The maximum absolute atomic E-state index is 12.5. The standard InChI is InChI=1S/C21H26N2O2/c1-17(2)23(16-19-11-7-4-8-12-19)21(25)15-22-20(24)14-13-18-9-5-3-6-10-18/h3-12,17H,13-16H2,1-2H3,(H,22,24). The summed E-state index contributed by atoms with van der Waals surface area (Å²) in [5.74, 6) is -0.160. The van der Waals surface area contributed by atoms with E-state index in [9.17, 15) is 9.59 Å². The van der Waals surface area contributed by atoms with Crippen molar-refractivity contribution in [2.45, 2.75) is 39.3 Å². The zero-order valence-electron chi connectivity index (χ0n) is 14.9. The predicted octanol–water partition coefficient (Wildman–Crippen LogP) is 3.17. The number of hydrogen-bond acceptors (Lipinski definition) is 2. The lowest BCUT2D eigenvalue weighted by molar-refractivity contribution is -0.134. The Hall–Kier alpha value is -2.62. The van der Waals surface area contributed by atoms with Crippen LogP contribution in [0.4, 0.5) is 0 Å². The summed E-state index contributed by atoms with van der Waals surface area (Å²) in [4.78, 5) is 26.3. The van der Waals surface area contributed by atoms with Gasteiger partial charge in [0.2, 0.25) is 11.8 Å². The quantitative estimate of drug-likeness (QED) is 0.804. The van der Waals surface area contributed by atoms with E-state index >= 15 is 0 Å². The fraction of sp³-hybridized carbons (Fsp3) is 0.333. The van der Waals surface area contributed by atoms with Gasteiger partial charge in [-0.3, -0.25) is 9.59 Å². The van der Waals surface area contributed by atoms with Crippen LogP contribution in [0.3, 0.4) is 0 Å². The van der Waals surface area contributed by atoms with Gasteiger partial charge in [-0.2, -0.15) is 0 Å². The number of carbonyl (C=O) groups excluding carboxylic acids is 2. The summed E-state index contributed by atoms with van der Waals surface area (Å²) in [5.41, 5.74) is 2.21. The second-order valence-corrected chi connectivity index (χ2v) is 6.36. The maximum Gasteiger partial charge on any atom is 0.242 e. The van der Waals surface area contributed by atoms with Crippen molar-refractivity contribution in [3.8, 4) is 0 Å². The monoisotopic (exact) mass is 338 g/mol. The van der Waals surface area contributed by atoms with Gasteiger partial charge in [-0.1, -0.05) is 60.7 Å². The van der Waals surface area contributed by atoms with Gasteiger partial charge in [-0.25, -0.2) is 0 Å². The molecule has 0 heterocycles. The third-order valence-corrected chi connectivity index (χ3v) is 4.06. The Labute approximate surface area is 149 Å². The molecule has 2 amide bonds. The molecule has 0 atom stereocenters. The summed E-state index contributed by atoms with van der Waals surface area (Å²) in [6.07, 6.45) is 1.07. The molecule has 0 unspecified atom stereocenters. The summed E-state index contributed by atoms with van der Waals surface area (Å²) < 4.78 is 0. The number of nitrogens with one attached hydrogen (secondary N) is 1. The normalized spacial score (nSPS) is 10.5. The first-order valence-electron chi connectivity index (χ1n) is 8.70. The van der Waals surface area contributed by atoms with E-state index in [1.807, 2.05) is 74.5 Å². The van der Waals surface area contributed by atoms with Crippen LogP contribution in [0.2, 0.25) is 0 Å². The van der Waals surface area contributed by atoms with E-state index in [1.165, 1.54) is 0 Å². The van der Waals surface area contributed by atoms with E-state index in [0.717, 1.165) is 11.1 Å². The van der Waals surface area contributed by atoms with Gasteiger partial charge in [0.15, 0.2) is 0 Å². The van der Waals surface area contributed by atoms with Crippen LogP contribution in [-0.4, -0.2) is 29.3 Å². The molecule has 0 fully saturated rings. The van der Waals surface area contributed by atoms with Crippen molar-refractivity contribution >= 4 is 11.8 Å². The zero-order chi connectivity index (χ0) is 18.1. The zero-order valence-corrected chi connectivity index (χ0v) is 14.9. The molecule has 0 radical (unpaired) electrons. The molecule has 2 rings (SSSR count). The number of rotatable bonds is 8. The van der Waals surface area contributed by atoms with Crippen LogP contribution in [0.5, 0.6) is 0 Å². The molecule has 0 aliphatic carbocycles. The fourth-order valence-electron chi connectivity index (χ4n) is 2.61. The van der Waals surface area contributed by atoms with Gasteiger partial charge in [-0.05, 0) is 31.4 Å². The van der Waals surface area contributed by atoms with E-state index in [4.69, 9.17) is 0 Å². The third-order valence-electron chi connectivity index (χ3n) is 4.06. The molecular formula is C21H26N2O2. The Kier molecular flexibility index (Phi) is 7.20. The average molecular weight is 338 g/mol. The van der Waals surface area contributed by atoms with Crippen LogP contribution in [0, 0.1) is 0 Å². The number of amides is 2. The topological polar surface area (TPSA) is 49.4 Å². The largest absolute Gasteiger partial charge is 0.347 e. The average Bonchev–Trinajstić information content (AvgIpc) is 2.64. The highest BCUT2D eigenvalue weighted by Crippen LogP contribution is 2.08. The molecule has 25 heavy (non-hydrogen) atoms. The molecule has 0 saturated heterocycles. The summed E-state index contributed by atoms with van der Waals surface area (Å²) in [6, 6.07) is 19.8. The molecule has 0 bridgehead atoms. The minimum absolute atomic E-state index is 0.0403. The lowest BCUT2D eigenvalue weighted by Gasteiger charge is -2.27. The van der Waals surface area contributed by atoms with E-state index < -0.39 is 0 Å². The van der Waals surface area contributed by atoms with Crippen LogP contribution in [0.1, 0.15) is 31.4 Å². The van der Waals surface area contributed by atoms with Gasteiger partial charge < -0.3 is 10.2 Å². The molecule has 2 aromatic carbocycles. The van der Waals surface area contributed by atoms with Crippen LogP contribution < -0.4 is 5.32 Å². The highest BCUT2D eigenvalue weighted by Gasteiger charge is 2.17. The second-order valence-electron chi connectivity index (χ2n) is 6.36. The second kappa shape index (κ2) is 9.62. The van der Waals surface area contributed by atoms with Gasteiger partial charge in [0.1, 0.15) is 0 Å². The Bertz CT molecular complexity index is 669. The predicted molar refractivity (Wildman–Crippen MR) is 99.9 cm³/mol. The summed E-state index contributed by atoms with van der Waals surface area (Å²) >= 11 is 0. The van der Waals surface area contributed by atoms with Gasteiger partial charge >= 0.3 is 0 Å². The van der Waals surface area contributed by atoms with Crippen molar-refractivity contribution in [3.05, 3.63) is 71.8 Å². The van der Waals surface area contributed by atoms with Gasteiger partial charge in [-0.15, -0.1) is 0 Å².